The summed E-state index contributed by atoms with van der Waals surface area (Å²) in [4.78, 5) is 12.5. The van der Waals surface area contributed by atoms with Crippen molar-refractivity contribution in [3.05, 3.63) is 83.4 Å². The molecule has 1 heterocycles. The molecule has 184 valence electrons. The number of nitrogens with one attached hydrogen (secondary N) is 1. The smallest absolute Gasteiger partial charge is 0.250 e. The average molecular weight is 522 g/mol. The molecule has 0 aliphatic rings. The maximum absolute atomic E-state index is 12.5. The van der Waals surface area contributed by atoms with Crippen molar-refractivity contribution in [1.82, 2.24) is 20.2 Å². The van der Waals surface area contributed by atoms with Crippen LogP contribution in [0.1, 0.15) is 12.5 Å². The fraction of sp³-hybridized carbons (Fsp3) is 0.154. The van der Waals surface area contributed by atoms with Gasteiger partial charge in [-0.25, -0.2) is 5.43 Å². The molecule has 0 saturated carbocycles. The molecule has 1 N–H and O–H groups in total. The number of hydrazone groups is 1. The molecule has 36 heavy (non-hydrogen) atoms. The first-order valence-corrected chi connectivity index (χ1v) is 12.5. The quantitative estimate of drug-likeness (QED) is 0.174. The molecule has 4 aromatic rings. The van der Waals surface area contributed by atoms with Crippen LogP contribution in [0.3, 0.4) is 0 Å². The molecule has 0 radical (unpaired) electrons. The number of carbonyl (C=O) groups is 1. The van der Waals surface area contributed by atoms with Gasteiger partial charge in [0.25, 0.3) is 5.91 Å². The highest BCUT2D eigenvalue weighted by Gasteiger charge is 2.17. The summed E-state index contributed by atoms with van der Waals surface area (Å²) in [5.74, 6) is 1.74. The summed E-state index contributed by atoms with van der Waals surface area (Å²) in [6.07, 6.45) is 1.55. The van der Waals surface area contributed by atoms with Gasteiger partial charge in [0, 0.05) is 16.3 Å². The Hall–Kier alpha value is -3.82. The number of benzene rings is 3. The molecule has 3 aromatic carbocycles. The van der Waals surface area contributed by atoms with E-state index in [2.05, 4.69) is 20.7 Å². The van der Waals surface area contributed by atoms with Crippen LogP contribution in [0.4, 0.5) is 0 Å². The van der Waals surface area contributed by atoms with Gasteiger partial charge in [0.1, 0.15) is 0 Å². The SMILES string of the molecule is CCOc1ccc(C=NNC(=O)CSc2nnc(-c3ccc(Cl)cc3)n2-c2ccccc2)cc1OC. The Morgan fingerprint density at radius 3 is 2.58 bits per heavy atom. The number of hydrogen-bond donors (Lipinski definition) is 1. The van der Waals surface area contributed by atoms with Crippen molar-refractivity contribution in [2.45, 2.75) is 12.1 Å². The molecular formula is C26H24ClN5O3S. The van der Waals surface area contributed by atoms with Crippen molar-refractivity contribution in [1.29, 1.82) is 0 Å². The third-order valence-corrected chi connectivity index (χ3v) is 6.15. The van der Waals surface area contributed by atoms with Crippen molar-refractivity contribution in [3.63, 3.8) is 0 Å². The topological polar surface area (TPSA) is 90.6 Å². The van der Waals surface area contributed by atoms with E-state index in [0.717, 1.165) is 16.8 Å². The molecule has 0 atom stereocenters. The van der Waals surface area contributed by atoms with Gasteiger partial charge < -0.3 is 9.47 Å². The Kier molecular flexibility index (Phi) is 8.59. The van der Waals surface area contributed by atoms with Gasteiger partial charge in [-0.2, -0.15) is 5.10 Å². The molecule has 1 aromatic heterocycles. The van der Waals surface area contributed by atoms with Crippen molar-refractivity contribution < 1.29 is 14.3 Å². The van der Waals surface area contributed by atoms with Crippen LogP contribution in [0, 0.1) is 0 Å². The monoisotopic (exact) mass is 521 g/mol. The maximum atomic E-state index is 12.5. The normalized spacial score (nSPS) is 11.0. The van der Waals surface area contributed by atoms with E-state index in [0.29, 0.717) is 34.1 Å². The molecule has 8 nitrogen and oxygen atoms in total. The van der Waals surface area contributed by atoms with Crippen LogP contribution >= 0.6 is 23.4 Å². The van der Waals surface area contributed by atoms with Gasteiger partial charge in [-0.15, -0.1) is 10.2 Å². The molecule has 0 unspecified atom stereocenters. The molecule has 0 bridgehead atoms. The standard InChI is InChI=1S/C26H24ClN5O3S/c1-3-35-22-14-9-18(15-23(22)34-2)16-28-29-24(33)17-36-26-31-30-25(19-10-12-20(27)13-11-19)32(26)21-7-5-4-6-8-21/h4-16H,3,17H2,1-2H3,(H,29,33). The van der Waals surface area contributed by atoms with Gasteiger partial charge in [-0.1, -0.05) is 41.6 Å². The third kappa shape index (κ3) is 6.24. The summed E-state index contributed by atoms with van der Waals surface area (Å²) in [6.45, 7) is 2.44. The number of carbonyl (C=O) groups excluding carboxylic acids is 1. The molecule has 0 fully saturated rings. The summed E-state index contributed by atoms with van der Waals surface area (Å²) >= 11 is 7.32. The Bertz CT molecular complexity index is 1340. The van der Waals surface area contributed by atoms with Gasteiger partial charge in [-0.05, 0) is 67.1 Å². The first-order valence-electron chi connectivity index (χ1n) is 11.1. The number of amides is 1. The number of para-hydroxylation sites is 1. The summed E-state index contributed by atoms with van der Waals surface area (Å²) < 4.78 is 12.8. The fourth-order valence-electron chi connectivity index (χ4n) is 3.34. The van der Waals surface area contributed by atoms with Crippen LogP contribution in [0.5, 0.6) is 11.5 Å². The zero-order valence-electron chi connectivity index (χ0n) is 19.7. The first-order chi connectivity index (χ1) is 17.6. The van der Waals surface area contributed by atoms with Crippen molar-refractivity contribution in [2.75, 3.05) is 19.5 Å². The Morgan fingerprint density at radius 1 is 1.08 bits per heavy atom. The second kappa shape index (κ2) is 12.2. The predicted molar refractivity (Wildman–Crippen MR) is 142 cm³/mol. The average Bonchev–Trinajstić information content (AvgIpc) is 3.33. The Labute approximate surface area is 218 Å². The number of methoxy groups -OCH3 is 1. The van der Waals surface area contributed by atoms with E-state index in [-0.39, 0.29) is 11.7 Å². The minimum atomic E-state index is -0.273. The highest BCUT2D eigenvalue weighted by molar-refractivity contribution is 7.99. The van der Waals surface area contributed by atoms with E-state index >= 15 is 0 Å². The minimum absolute atomic E-state index is 0.107. The van der Waals surface area contributed by atoms with Gasteiger partial charge >= 0.3 is 0 Å². The van der Waals surface area contributed by atoms with Crippen molar-refractivity contribution >= 4 is 35.5 Å². The third-order valence-electron chi connectivity index (χ3n) is 4.97. The van der Waals surface area contributed by atoms with Gasteiger partial charge in [0.2, 0.25) is 0 Å². The van der Waals surface area contributed by atoms with Crippen LogP contribution in [0.2, 0.25) is 5.02 Å². The molecule has 4 rings (SSSR count). The van der Waals surface area contributed by atoms with E-state index < -0.39 is 0 Å². The number of nitrogens with zero attached hydrogens (tertiary/aromatic N) is 4. The lowest BCUT2D eigenvalue weighted by atomic mass is 10.2. The van der Waals surface area contributed by atoms with Gasteiger partial charge in [-0.3, -0.25) is 9.36 Å². The Balaban J connectivity index is 1.45. The van der Waals surface area contributed by atoms with Crippen molar-refractivity contribution in [2.24, 2.45) is 5.10 Å². The second-order valence-corrected chi connectivity index (χ2v) is 8.79. The summed E-state index contributed by atoms with van der Waals surface area (Å²) in [7, 11) is 1.57. The first kappa shape index (κ1) is 25.3. The zero-order chi connectivity index (χ0) is 25.3. The number of halogens is 1. The predicted octanol–water partition coefficient (Wildman–Crippen LogP) is 5.24. The molecule has 0 spiro atoms. The van der Waals surface area contributed by atoms with E-state index in [1.54, 1.807) is 37.6 Å². The minimum Gasteiger partial charge on any atom is -0.493 e. The molecule has 10 heteroatoms. The van der Waals surface area contributed by atoms with E-state index in [9.17, 15) is 4.79 Å². The van der Waals surface area contributed by atoms with Crippen LogP contribution in [-0.2, 0) is 4.79 Å². The van der Waals surface area contributed by atoms with E-state index in [1.807, 2.05) is 60.0 Å². The number of ether oxygens (including phenoxy) is 2. The van der Waals surface area contributed by atoms with Crippen molar-refractivity contribution in [3.8, 4) is 28.6 Å². The van der Waals surface area contributed by atoms with Crippen LogP contribution < -0.4 is 14.9 Å². The number of hydrogen-bond acceptors (Lipinski definition) is 7. The summed E-state index contributed by atoms with van der Waals surface area (Å²) in [6, 6.07) is 22.5. The van der Waals surface area contributed by atoms with Crippen LogP contribution in [-0.4, -0.2) is 46.4 Å². The second-order valence-electron chi connectivity index (χ2n) is 7.41. The van der Waals surface area contributed by atoms with Gasteiger partial charge in [0.05, 0.1) is 25.7 Å². The lowest BCUT2D eigenvalue weighted by Crippen LogP contribution is -2.20. The highest BCUT2D eigenvalue weighted by atomic mass is 35.5. The Morgan fingerprint density at radius 2 is 1.86 bits per heavy atom. The lowest BCUT2D eigenvalue weighted by Gasteiger charge is -2.10. The van der Waals surface area contributed by atoms with E-state index in [4.69, 9.17) is 21.1 Å². The lowest BCUT2D eigenvalue weighted by molar-refractivity contribution is -0.118. The summed E-state index contributed by atoms with van der Waals surface area (Å²) in [5, 5.41) is 14.0. The number of aromatic nitrogens is 3. The molecule has 0 saturated heterocycles. The molecular weight excluding hydrogens is 498 g/mol. The van der Waals surface area contributed by atoms with Gasteiger partial charge in [0.15, 0.2) is 22.5 Å². The number of thioether (sulfide) groups is 1. The van der Waals surface area contributed by atoms with Crippen LogP contribution in [0.15, 0.2) is 83.1 Å². The molecule has 0 aliphatic carbocycles. The maximum Gasteiger partial charge on any atom is 0.250 e. The van der Waals surface area contributed by atoms with E-state index in [1.165, 1.54) is 11.8 Å². The van der Waals surface area contributed by atoms with Crippen LogP contribution in [0.25, 0.3) is 17.1 Å². The zero-order valence-corrected chi connectivity index (χ0v) is 21.3. The largest absolute Gasteiger partial charge is 0.493 e. The highest BCUT2D eigenvalue weighted by Crippen LogP contribution is 2.29. The fourth-order valence-corrected chi connectivity index (χ4v) is 4.21. The summed E-state index contributed by atoms with van der Waals surface area (Å²) in [5.41, 5.74) is 5.06. The number of rotatable bonds is 10. The molecule has 1 amide bonds. The molecule has 0 aliphatic heterocycles.